The number of nitrogens with one attached hydrogen (secondary N) is 2. The predicted molar refractivity (Wildman–Crippen MR) is 154 cm³/mol. The summed E-state index contributed by atoms with van der Waals surface area (Å²) in [6, 6.07) is 25.1. The average Bonchev–Trinajstić information content (AvgIpc) is 2.97. The van der Waals surface area contributed by atoms with Gasteiger partial charge in [0.05, 0.1) is 5.92 Å². The van der Waals surface area contributed by atoms with E-state index in [-0.39, 0.29) is 36.1 Å². The lowest BCUT2D eigenvalue weighted by Crippen LogP contribution is -2.47. The van der Waals surface area contributed by atoms with Gasteiger partial charge in [0.1, 0.15) is 12.4 Å². The van der Waals surface area contributed by atoms with E-state index in [1.165, 1.54) is 0 Å². The van der Waals surface area contributed by atoms with E-state index >= 15 is 0 Å². The SMILES string of the molecule is C[C@@H](NC(=O)c1ccc(C(=N)N)cc1)C(C(=O)N1CCC(CC(=O)OCc2ccccc2)CC1)c1ccccc1. The number of carbonyl (C=O) groups excluding carboxylic acids is 3. The summed E-state index contributed by atoms with van der Waals surface area (Å²) in [5.74, 6) is -1.03. The van der Waals surface area contributed by atoms with Crippen molar-refractivity contribution >= 4 is 23.6 Å². The number of likely N-dealkylation sites (tertiary alicyclic amines) is 1. The number of esters is 1. The maximum atomic E-state index is 13.8. The Balaban J connectivity index is 1.35. The molecule has 4 N–H and O–H groups in total. The normalized spacial score (nSPS) is 15.1. The van der Waals surface area contributed by atoms with Crippen LogP contribution in [-0.4, -0.2) is 47.7 Å². The van der Waals surface area contributed by atoms with Gasteiger partial charge in [-0.15, -0.1) is 0 Å². The van der Waals surface area contributed by atoms with Crippen molar-refractivity contribution in [3.05, 3.63) is 107 Å². The zero-order valence-corrected chi connectivity index (χ0v) is 22.7. The molecular weight excluding hydrogens is 504 g/mol. The zero-order chi connectivity index (χ0) is 28.5. The van der Waals surface area contributed by atoms with Crippen LogP contribution in [0.3, 0.4) is 0 Å². The molecule has 40 heavy (non-hydrogen) atoms. The van der Waals surface area contributed by atoms with Crippen molar-refractivity contribution in [2.45, 2.75) is 44.8 Å². The minimum Gasteiger partial charge on any atom is -0.461 e. The third-order valence-corrected chi connectivity index (χ3v) is 7.37. The number of ether oxygens (including phenoxy) is 1. The molecule has 2 atom stereocenters. The van der Waals surface area contributed by atoms with Crippen molar-refractivity contribution in [3.8, 4) is 0 Å². The van der Waals surface area contributed by atoms with E-state index in [1.807, 2.05) is 72.5 Å². The fourth-order valence-corrected chi connectivity index (χ4v) is 5.07. The second-order valence-corrected chi connectivity index (χ2v) is 10.3. The number of piperidine rings is 1. The van der Waals surface area contributed by atoms with E-state index < -0.39 is 12.0 Å². The summed E-state index contributed by atoms with van der Waals surface area (Å²) in [6.45, 7) is 3.20. The first-order valence-electron chi connectivity index (χ1n) is 13.6. The zero-order valence-electron chi connectivity index (χ0n) is 22.7. The van der Waals surface area contributed by atoms with Crippen LogP contribution in [0.5, 0.6) is 0 Å². The molecule has 8 heteroatoms. The Morgan fingerprint density at radius 2 is 1.50 bits per heavy atom. The minimum absolute atomic E-state index is 0.0453. The monoisotopic (exact) mass is 540 g/mol. The molecule has 1 fully saturated rings. The van der Waals surface area contributed by atoms with Crippen molar-refractivity contribution in [1.29, 1.82) is 5.41 Å². The topological polar surface area (TPSA) is 126 Å². The molecule has 0 saturated carbocycles. The largest absolute Gasteiger partial charge is 0.461 e. The van der Waals surface area contributed by atoms with E-state index in [0.29, 0.717) is 30.6 Å². The van der Waals surface area contributed by atoms with Crippen LogP contribution in [0.2, 0.25) is 0 Å². The van der Waals surface area contributed by atoms with Crippen molar-refractivity contribution in [3.63, 3.8) is 0 Å². The summed E-state index contributed by atoms with van der Waals surface area (Å²) in [5.41, 5.74) is 8.27. The lowest BCUT2D eigenvalue weighted by Gasteiger charge is -2.36. The van der Waals surface area contributed by atoms with Gasteiger partial charge in [0.15, 0.2) is 0 Å². The van der Waals surface area contributed by atoms with Crippen LogP contribution in [0.25, 0.3) is 0 Å². The fraction of sp³-hybridized carbons (Fsp3) is 0.312. The Labute approximate surface area is 235 Å². The highest BCUT2D eigenvalue weighted by molar-refractivity contribution is 5.98. The quantitative estimate of drug-likeness (QED) is 0.201. The van der Waals surface area contributed by atoms with E-state index in [2.05, 4.69) is 5.32 Å². The number of nitrogen functional groups attached to an aromatic ring is 1. The Morgan fingerprint density at radius 1 is 0.925 bits per heavy atom. The molecule has 1 aliphatic heterocycles. The molecule has 1 heterocycles. The van der Waals surface area contributed by atoms with Crippen molar-refractivity contribution in [1.82, 2.24) is 10.2 Å². The molecule has 8 nitrogen and oxygen atoms in total. The van der Waals surface area contributed by atoms with Gasteiger partial charge in [-0.1, -0.05) is 72.8 Å². The van der Waals surface area contributed by atoms with Crippen LogP contribution in [0.1, 0.15) is 59.2 Å². The number of hydrogen-bond donors (Lipinski definition) is 3. The number of amidine groups is 1. The van der Waals surface area contributed by atoms with E-state index in [4.69, 9.17) is 15.9 Å². The number of benzene rings is 3. The molecule has 208 valence electrons. The molecule has 0 aliphatic carbocycles. The molecular formula is C32H36N4O4. The van der Waals surface area contributed by atoms with Crippen LogP contribution >= 0.6 is 0 Å². The summed E-state index contributed by atoms with van der Waals surface area (Å²) in [6.07, 6.45) is 1.78. The van der Waals surface area contributed by atoms with Crippen LogP contribution in [0, 0.1) is 11.3 Å². The van der Waals surface area contributed by atoms with Crippen LogP contribution in [0.4, 0.5) is 0 Å². The molecule has 1 saturated heterocycles. The second kappa shape index (κ2) is 13.6. The molecule has 0 radical (unpaired) electrons. The number of nitrogens with zero attached hydrogens (tertiary/aromatic N) is 1. The number of amides is 2. The number of nitrogens with two attached hydrogens (primary N) is 1. The first-order valence-corrected chi connectivity index (χ1v) is 13.6. The van der Waals surface area contributed by atoms with Crippen molar-refractivity contribution < 1.29 is 19.1 Å². The number of hydrogen-bond acceptors (Lipinski definition) is 5. The summed E-state index contributed by atoms with van der Waals surface area (Å²) < 4.78 is 5.45. The summed E-state index contributed by atoms with van der Waals surface area (Å²) in [4.78, 5) is 41.0. The van der Waals surface area contributed by atoms with E-state index in [1.54, 1.807) is 24.3 Å². The Bertz CT molecular complexity index is 1300. The molecule has 0 spiro atoms. The highest BCUT2D eigenvalue weighted by Crippen LogP contribution is 2.28. The minimum atomic E-state index is -0.561. The second-order valence-electron chi connectivity index (χ2n) is 10.3. The van der Waals surface area contributed by atoms with Gasteiger partial charge in [-0.25, -0.2) is 0 Å². The summed E-state index contributed by atoms with van der Waals surface area (Å²) >= 11 is 0. The van der Waals surface area contributed by atoms with Gasteiger partial charge < -0.3 is 20.7 Å². The highest BCUT2D eigenvalue weighted by Gasteiger charge is 2.34. The molecule has 1 unspecified atom stereocenters. The molecule has 3 aromatic carbocycles. The van der Waals surface area contributed by atoms with Gasteiger partial charge in [0.2, 0.25) is 5.91 Å². The summed E-state index contributed by atoms with van der Waals surface area (Å²) in [7, 11) is 0. The Kier molecular flexibility index (Phi) is 9.67. The molecule has 0 bridgehead atoms. The van der Waals surface area contributed by atoms with E-state index in [0.717, 1.165) is 24.0 Å². The molecule has 3 aromatic rings. The third kappa shape index (κ3) is 7.56. The smallest absolute Gasteiger partial charge is 0.306 e. The van der Waals surface area contributed by atoms with Crippen molar-refractivity contribution in [2.24, 2.45) is 11.7 Å². The van der Waals surface area contributed by atoms with Crippen LogP contribution in [-0.2, 0) is 20.9 Å². The van der Waals surface area contributed by atoms with Gasteiger partial charge in [-0.3, -0.25) is 19.8 Å². The van der Waals surface area contributed by atoms with Gasteiger partial charge in [0.25, 0.3) is 5.91 Å². The first-order chi connectivity index (χ1) is 19.3. The van der Waals surface area contributed by atoms with Gasteiger partial charge >= 0.3 is 5.97 Å². The molecule has 1 aliphatic rings. The molecule has 4 rings (SSSR count). The Hall–Kier alpha value is -4.46. The lowest BCUT2D eigenvalue weighted by molar-refractivity contribution is -0.146. The Morgan fingerprint density at radius 3 is 2.10 bits per heavy atom. The maximum absolute atomic E-state index is 13.8. The lowest BCUT2D eigenvalue weighted by atomic mass is 9.88. The maximum Gasteiger partial charge on any atom is 0.306 e. The van der Waals surface area contributed by atoms with Gasteiger partial charge in [-0.2, -0.15) is 0 Å². The molecule has 0 aromatic heterocycles. The average molecular weight is 541 g/mol. The summed E-state index contributed by atoms with van der Waals surface area (Å²) in [5, 5.41) is 10.5. The van der Waals surface area contributed by atoms with Crippen LogP contribution in [0.15, 0.2) is 84.9 Å². The third-order valence-electron chi connectivity index (χ3n) is 7.37. The van der Waals surface area contributed by atoms with Crippen molar-refractivity contribution in [2.75, 3.05) is 13.1 Å². The number of rotatable bonds is 10. The standard InChI is InChI=1S/C32H36N4O4/c1-22(35-31(38)27-14-12-26(13-15-27)30(33)34)29(25-10-6-3-7-11-25)32(39)36-18-16-23(17-19-36)20-28(37)40-21-24-8-4-2-5-9-24/h2-15,22-23,29H,16-21H2,1H3,(H3,33,34)(H,35,38)/t22-,29?/m1/s1. The van der Waals surface area contributed by atoms with E-state index in [9.17, 15) is 14.4 Å². The van der Waals surface area contributed by atoms with Crippen LogP contribution < -0.4 is 11.1 Å². The predicted octanol–water partition coefficient (Wildman–Crippen LogP) is 4.24. The number of carbonyl (C=O) groups is 3. The van der Waals surface area contributed by atoms with Gasteiger partial charge in [0, 0.05) is 36.7 Å². The first kappa shape index (κ1) is 28.5. The molecule has 2 amide bonds. The van der Waals surface area contributed by atoms with Gasteiger partial charge in [-0.05, 0) is 48.9 Å². The highest BCUT2D eigenvalue weighted by atomic mass is 16.5. The fourth-order valence-electron chi connectivity index (χ4n) is 5.07.